The van der Waals surface area contributed by atoms with Crippen LogP contribution in [0.2, 0.25) is 0 Å². The van der Waals surface area contributed by atoms with Crippen LogP contribution >= 0.6 is 0 Å². The highest BCUT2D eigenvalue weighted by atomic mass is 16.6. The summed E-state index contributed by atoms with van der Waals surface area (Å²) in [4.78, 5) is 43.2. The van der Waals surface area contributed by atoms with Gasteiger partial charge in [-0.1, -0.05) is 6.92 Å². The Morgan fingerprint density at radius 1 is 1.17 bits per heavy atom. The first-order valence-electron chi connectivity index (χ1n) is 6.48. The van der Waals surface area contributed by atoms with E-state index in [0.29, 0.717) is 0 Å². The molecule has 0 aliphatic carbocycles. The number of carbonyl (C=O) groups excluding carboxylic acids is 2. The van der Waals surface area contributed by atoms with Crippen LogP contribution in [0.4, 0.5) is 16.2 Å². The summed E-state index contributed by atoms with van der Waals surface area (Å²) in [6, 6.07) is 1.18. The molecule has 0 saturated carbocycles. The van der Waals surface area contributed by atoms with E-state index in [1.54, 1.807) is 6.92 Å². The molecule has 11 heteroatoms. The number of carbonyl (C=O) groups is 2. The molecule has 23 heavy (non-hydrogen) atoms. The molecule has 1 aliphatic heterocycles. The zero-order valence-corrected chi connectivity index (χ0v) is 11.9. The lowest BCUT2D eigenvalue weighted by molar-refractivity contribution is -0.396. The molecule has 3 amide bonds. The van der Waals surface area contributed by atoms with Gasteiger partial charge in [0.25, 0.3) is 11.7 Å². The zero-order valence-electron chi connectivity index (χ0n) is 11.9. The van der Waals surface area contributed by atoms with Crippen LogP contribution < -0.4 is 10.6 Å². The molecule has 1 aromatic carbocycles. The largest absolute Gasteiger partial charge is 0.497 e. The average molecular weight is 324 g/mol. The van der Waals surface area contributed by atoms with Crippen molar-refractivity contribution in [2.45, 2.75) is 25.3 Å². The molecule has 3 N–H and O–H groups in total. The topological polar surface area (TPSA) is 165 Å². The number of hydrogen-bond acceptors (Lipinski definition) is 7. The summed E-state index contributed by atoms with van der Waals surface area (Å²) in [6.45, 7) is 1.62. The van der Waals surface area contributed by atoms with Gasteiger partial charge in [0.05, 0.1) is 9.85 Å². The van der Waals surface area contributed by atoms with Crippen LogP contribution in [0.1, 0.15) is 18.9 Å². The molecule has 0 bridgehead atoms. The molecule has 0 radical (unpaired) electrons. The van der Waals surface area contributed by atoms with Gasteiger partial charge < -0.3 is 10.4 Å². The first kappa shape index (κ1) is 16.1. The summed E-state index contributed by atoms with van der Waals surface area (Å²) in [5.41, 5.74) is -2.97. The number of imide groups is 1. The Balaban J connectivity index is 2.51. The molecule has 1 heterocycles. The maximum absolute atomic E-state index is 11.9. The van der Waals surface area contributed by atoms with E-state index >= 15 is 0 Å². The fourth-order valence-corrected chi connectivity index (χ4v) is 2.42. The SMILES string of the molecule is CCC1(Cc2cc([N+](=O)[O-])c(O)c([N+](=O)[O-])c2)NC(=O)NC1=O. The number of phenolic OH excluding ortho intramolecular Hbond substituents is 1. The summed E-state index contributed by atoms with van der Waals surface area (Å²) < 4.78 is 0. The van der Waals surface area contributed by atoms with E-state index < -0.39 is 44.4 Å². The van der Waals surface area contributed by atoms with Gasteiger partial charge in [-0.05, 0) is 12.0 Å². The Kier molecular flexibility index (Phi) is 3.87. The Bertz CT molecular complexity index is 697. The van der Waals surface area contributed by atoms with Crippen LogP contribution in [0.15, 0.2) is 12.1 Å². The Morgan fingerprint density at radius 2 is 1.70 bits per heavy atom. The van der Waals surface area contributed by atoms with Crippen molar-refractivity contribution in [2.24, 2.45) is 0 Å². The van der Waals surface area contributed by atoms with Gasteiger partial charge in [-0.2, -0.15) is 0 Å². The maximum atomic E-state index is 11.9. The van der Waals surface area contributed by atoms with E-state index in [9.17, 15) is 34.9 Å². The van der Waals surface area contributed by atoms with Crippen molar-refractivity contribution in [3.05, 3.63) is 37.9 Å². The monoisotopic (exact) mass is 324 g/mol. The minimum absolute atomic E-state index is 0.0698. The smallest absolute Gasteiger partial charge is 0.322 e. The zero-order chi connectivity index (χ0) is 17.4. The van der Waals surface area contributed by atoms with Crippen LogP contribution in [0, 0.1) is 20.2 Å². The number of amides is 3. The predicted molar refractivity (Wildman–Crippen MR) is 74.8 cm³/mol. The van der Waals surface area contributed by atoms with E-state index in [2.05, 4.69) is 10.6 Å². The van der Waals surface area contributed by atoms with Gasteiger partial charge >= 0.3 is 17.4 Å². The van der Waals surface area contributed by atoms with Gasteiger partial charge in [0.15, 0.2) is 0 Å². The van der Waals surface area contributed by atoms with Crippen LogP contribution in [-0.4, -0.2) is 32.4 Å². The summed E-state index contributed by atoms with van der Waals surface area (Å²) >= 11 is 0. The van der Waals surface area contributed by atoms with Crippen molar-refractivity contribution >= 4 is 23.3 Å². The van der Waals surface area contributed by atoms with Crippen LogP contribution in [0.25, 0.3) is 0 Å². The van der Waals surface area contributed by atoms with Gasteiger partial charge in [-0.25, -0.2) is 4.79 Å². The van der Waals surface area contributed by atoms with Crippen molar-refractivity contribution in [3.63, 3.8) is 0 Å². The molecule has 1 fully saturated rings. The number of nitro benzene ring substituents is 2. The summed E-state index contributed by atoms with van der Waals surface area (Å²) in [5.74, 6) is -1.68. The third-order valence-electron chi connectivity index (χ3n) is 3.65. The van der Waals surface area contributed by atoms with Crippen LogP contribution in [0.3, 0.4) is 0 Å². The van der Waals surface area contributed by atoms with Gasteiger partial charge in [0, 0.05) is 18.6 Å². The van der Waals surface area contributed by atoms with E-state index in [1.165, 1.54) is 0 Å². The third-order valence-corrected chi connectivity index (χ3v) is 3.65. The van der Waals surface area contributed by atoms with Crippen molar-refractivity contribution in [1.29, 1.82) is 0 Å². The standard InChI is InChI=1S/C12H12N4O7/c1-2-12(10(18)13-11(19)14-12)5-6-3-7(15(20)21)9(17)8(4-6)16(22)23/h3-4,17H,2,5H2,1H3,(H2,13,14,18,19). The maximum Gasteiger partial charge on any atom is 0.322 e. The van der Waals surface area contributed by atoms with Gasteiger partial charge in [-0.15, -0.1) is 0 Å². The molecule has 1 atom stereocenters. The van der Waals surface area contributed by atoms with Crippen LogP contribution in [0.5, 0.6) is 5.75 Å². The van der Waals surface area contributed by atoms with Crippen LogP contribution in [-0.2, 0) is 11.2 Å². The van der Waals surface area contributed by atoms with E-state index in [0.717, 1.165) is 12.1 Å². The highest BCUT2D eigenvalue weighted by Crippen LogP contribution is 2.38. The molecule has 1 unspecified atom stereocenters. The number of nitro groups is 2. The van der Waals surface area contributed by atoms with Crippen molar-refractivity contribution < 1.29 is 24.5 Å². The quantitative estimate of drug-likeness (QED) is 0.408. The minimum Gasteiger partial charge on any atom is -0.497 e. The fourth-order valence-electron chi connectivity index (χ4n) is 2.42. The van der Waals surface area contributed by atoms with Crippen molar-refractivity contribution in [3.8, 4) is 5.75 Å². The number of phenols is 1. The Labute approximate surface area is 128 Å². The summed E-state index contributed by atoms with van der Waals surface area (Å²) in [7, 11) is 0. The Morgan fingerprint density at radius 3 is 2.04 bits per heavy atom. The lowest BCUT2D eigenvalue weighted by atomic mass is 9.88. The summed E-state index contributed by atoms with van der Waals surface area (Å²) in [5, 5.41) is 35.9. The fraction of sp³-hybridized carbons (Fsp3) is 0.333. The molecule has 1 aromatic rings. The summed E-state index contributed by atoms with van der Waals surface area (Å²) in [6.07, 6.45) is -0.0178. The Hall–Kier alpha value is -3.24. The van der Waals surface area contributed by atoms with E-state index in [1.807, 2.05) is 0 Å². The van der Waals surface area contributed by atoms with E-state index in [-0.39, 0.29) is 18.4 Å². The second-order valence-corrected chi connectivity index (χ2v) is 5.02. The highest BCUT2D eigenvalue weighted by Gasteiger charge is 2.45. The van der Waals surface area contributed by atoms with E-state index in [4.69, 9.17) is 0 Å². The molecule has 11 nitrogen and oxygen atoms in total. The average Bonchev–Trinajstić information content (AvgIpc) is 2.74. The molecular weight excluding hydrogens is 312 g/mol. The normalized spacial score (nSPS) is 20.0. The highest BCUT2D eigenvalue weighted by molar-refractivity contribution is 6.07. The first-order valence-corrected chi connectivity index (χ1v) is 6.48. The molecule has 0 aromatic heterocycles. The molecular formula is C12H12N4O7. The predicted octanol–water partition coefficient (Wildman–Crippen LogP) is 0.739. The number of rotatable bonds is 5. The third kappa shape index (κ3) is 2.75. The van der Waals surface area contributed by atoms with Gasteiger partial charge in [0.2, 0.25) is 0 Å². The molecule has 122 valence electrons. The molecule has 0 spiro atoms. The number of nitrogens with zero attached hydrogens (tertiary/aromatic N) is 2. The van der Waals surface area contributed by atoms with Crippen molar-refractivity contribution in [1.82, 2.24) is 10.6 Å². The minimum atomic E-state index is -1.35. The lowest BCUT2D eigenvalue weighted by Gasteiger charge is -2.24. The number of urea groups is 1. The molecule has 1 aliphatic rings. The van der Waals surface area contributed by atoms with Crippen molar-refractivity contribution in [2.75, 3.05) is 0 Å². The number of hydrogen-bond donors (Lipinski definition) is 3. The number of nitrogens with one attached hydrogen (secondary N) is 2. The number of aromatic hydroxyl groups is 1. The number of benzene rings is 1. The van der Waals surface area contributed by atoms with Gasteiger partial charge in [0.1, 0.15) is 5.54 Å². The molecule has 2 rings (SSSR count). The van der Waals surface area contributed by atoms with Gasteiger partial charge in [-0.3, -0.25) is 30.3 Å². The molecule has 1 saturated heterocycles. The first-order chi connectivity index (χ1) is 10.7. The second-order valence-electron chi connectivity index (χ2n) is 5.02. The lowest BCUT2D eigenvalue weighted by Crippen LogP contribution is -2.48. The second kappa shape index (κ2) is 5.51.